The highest BCUT2D eigenvalue weighted by atomic mass is 32.2. The van der Waals surface area contributed by atoms with Gasteiger partial charge in [-0.3, -0.25) is 9.59 Å². The largest absolute Gasteiger partial charge is 0.480 e. The van der Waals surface area contributed by atoms with Gasteiger partial charge in [0.25, 0.3) is 0 Å². The average Bonchev–Trinajstić information content (AvgIpc) is 3.06. The van der Waals surface area contributed by atoms with Crippen molar-refractivity contribution in [3.05, 3.63) is 0 Å². The van der Waals surface area contributed by atoms with Crippen molar-refractivity contribution in [3.8, 4) is 0 Å². The summed E-state index contributed by atoms with van der Waals surface area (Å²) in [6.45, 7) is -0.361. The lowest BCUT2D eigenvalue weighted by Crippen LogP contribution is -2.47. The molecule has 2 N–H and O–H groups in total. The van der Waals surface area contributed by atoms with Gasteiger partial charge in [-0.05, 0) is 19.3 Å². The van der Waals surface area contributed by atoms with Crippen LogP contribution in [0.3, 0.4) is 0 Å². The lowest BCUT2D eigenvalue weighted by atomic mass is 10.2. The molecule has 1 aliphatic carbocycles. The summed E-state index contributed by atoms with van der Waals surface area (Å²) in [4.78, 5) is 24.0. The normalized spacial score (nSPS) is 25.2. The van der Waals surface area contributed by atoms with Crippen LogP contribution in [-0.2, 0) is 19.4 Å². The van der Waals surface area contributed by atoms with Crippen molar-refractivity contribution >= 4 is 21.7 Å². The number of carboxylic acid groups (broad SMARTS) is 1. The topological polar surface area (TPSA) is 104 Å². The molecule has 0 aromatic heterocycles. The smallest absolute Gasteiger partial charge is 0.323 e. The maximum absolute atomic E-state index is 12.0. The Morgan fingerprint density at radius 1 is 1.26 bits per heavy atom. The van der Waals surface area contributed by atoms with Gasteiger partial charge in [0, 0.05) is 12.1 Å². The fraction of sp³-hybridized carbons (Fsp3) is 0.818. The van der Waals surface area contributed by atoms with E-state index in [4.69, 9.17) is 5.11 Å². The van der Waals surface area contributed by atoms with E-state index in [1.54, 1.807) is 0 Å². The molecule has 1 aliphatic heterocycles. The zero-order valence-corrected chi connectivity index (χ0v) is 11.4. The number of hydrogen-bond acceptors (Lipinski definition) is 5. The van der Waals surface area contributed by atoms with E-state index in [1.165, 1.54) is 4.90 Å². The Kier molecular flexibility index (Phi) is 4.10. The predicted molar refractivity (Wildman–Crippen MR) is 67.4 cm³/mol. The molecule has 19 heavy (non-hydrogen) atoms. The van der Waals surface area contributed by atoms with Crippen LogP contribution in [0.15, 0.2) is 0 Å². The van der Waals surface area contributed by atoms with E-state index in [-0.39, 0.29) is 24.0 Å². The molecule has 2 rings (SSSR count). The van der Waals surface area contributed by atoms with Crippen molar-refractivity contribution < 1.29 is 23.1 Å². The molecule has 1 saturated heterocycles. The zero-order chi connectivity index (χ0) is 14.0. The molecule has 0 aromatic carbocycles. The van der Waals surface area contributed by atoms with Gasteiger partial charge in [-0.25, -0.2) is 8.42 Å². The Morgan fingerprint density at radius 3 is 2.42 bits per heavy atom. The van der Waals surface area contributed by atoms with Gasteiger partial charge in [0.1, 0.15) is 6.54 Å². The summed E-state index contributed by atoms with van der Waals surface area (Å²) in [7, 11) is -3.14. The molecule has 0 radical (unpaired) electrons. The molecule has 2 fully saturated rings. The van der Waals surface area contributed by atoms with Crippen LogP contribution < -0.4 is 5.32 Å². The van der Waals surface area contributed by atoms with Crippen LogP contribution in [-0.4, -0.2) is 67.0 Å². The summed E-state index contributed by atoms with van der Waals surface area (Å²) in [6, 6.07) is -0.155. The van der Waals surface area contributed by atoms with Gasteiger partial charge >= 0.3 is 5.97 Å². The molecule has 1 atom stereocenters. The monoisotopic (exact) mass is 290 g/mol. The number of sulfone groups is 1. The average molecular weight is 290 g/mol. The zero-order valence-electron chi connectivity index (χ0n) is 10.5. The van der Waals surface area contributed by atoms with E-state index in [0.717, 1.165) is 12.8 Å². The second-order valence-electron chi connectivity index (χ2n) is 5.13. The van der Waals surface area contributed by atoms with Crippen molar-refractivity contribution in [3.63, 3.8) is 0 Å². The number of nitrogens with one attached hydrogen (secondary N) is 1. The number of carbonyl (C=O) groups is 2. The molecule has 7 nitrogen and oxygen atoms in total. The highest BCUT2D eigenvalue weighted by Gasteiger charge is 2.35. The molecule has 0 aromatic rings. The van der Waals surface area contributed by atoms with Gasteiger partial charge in [-0.1, -0.05) is 0 Å². The van der Waals surface area contributed by atoms with Crippen LogP contribution in [0.5, 0.6) is 0 Å². The first kappa shape index (κ1) is 14.3. The lowest BCUT2D eigenvalue weighted by Gasteiger charge is -2.26. The lowest BCUT2D eigenvalue weighted by molar-refractivity contribution is -0.145. The number of hydrogen-bond donors (Lipinski definition) is 2. The van der Waals surface area contributed by atoms with E-state index < -0.39 is 28.4 Å². The summed E-state index contributed by atoms with van der Waals surface area (Å²) in [5, 5.41) is 11.9. The van der Waals surface area contributed by atoms with Gasteiger partial charge in [0.15, 0.2) is 9.84 Å². The fourth-order valence-electron chi connectivity index (χ4n) is 2.21. The first-order valence-corrected chi connectivity index (χ1v) is 8.14. The van der Waals surface area contributed by atoms with Gasteiger partial charge < -0.3 is 15.3 Å². The second-order valence-corrected chi connectivity index (χ2v) is 7.36. The molecular formula is C11H18N2O5S. The summed E-state index contributed by atoms with van der Waals surface area (Å²) in [5.41, 5.74) is 0. The van der Waals surface area contributed by atoms with E-state index in [0.29, 0.717) is 12.5 Å². The van der Waals surface area contributed by atoms with Crippen molar-refractivity contribution in [2.75, 3.05) is 24.6 Å². The third kappa shape index (κ3) is 4.17. The van der Waals surface area contributed by atoms with Crippen molar-refractivity contribution in [2.24, 2.45) is 0 Å². The number of nitrogens with zero attached hydrogens (tertiary/aromatic N) is 1. The Bertz CT molecular complexity index is 471. The maximum Gasteiger partial charge on any atom is 0.323 e. The number of aliphatic carboxylic acids is 1. The van der Waals surface area contributed by atoms with Crippen LogP contribution in [0.25, 0.3) is 0 Å². The Hall–Kier alpha value is -1.15. The van der Waals surface area contributed by atoms with Crippen molar-refractivity contribution in [1.82, 2.24) is 10.2 Å². The van der Waals surface area contributed by atoms with E-state index in [2.05, 4.69) is 5.32 Å². The Labute approximate surface area is 111 Å². The third-order valence-electron chi connectivity index (χ3n) is 3.39. The van der Waals surface area contributed by atoms with Crippen LogP contribution in [0.4, 0.5) is 0 Å². The SMILES string of the molecule is O=C(O)CN(C(=O)CNC1CC1)C1CCS(=O)(=O)C1. The minimum absolute atomic E-state index is 0.0249. The van der Waals surface area contributed by atoms with Crippen LogP contribution in [0.2, 0.25) is 0 Å². The summed E-state index contributed by atoms with van der Waals surface area (Å²) < 4.78 is 22.9. The molecule has 2 aliphatic rings. The summed E-state index contributed by atoms with van der Waals surface area (Å²) >= 11 is 0. The summed E-state index contributed by atoms with van der Waals surface area (Å²) in [5.74, 6) is -1.56. The molecule has 0 spiro atoms. The number of carbonyl (C=O) groups excluding carboxylic acids is 1. The molecule has 1 unspecified atom stereocenters. The first-order chi connectivity index (χ1) is 8.87. The van der Waals surface area contributed by atoms with E-state index in [9.17, 15) is 18.0 Å². The highest BCUT2D eigenvalue weighted by molar-refractivity contribution is 7.91. The summed E-state index contributed by atoms with van der Waals surface area (Å²) in [6.07, 6.45) is 2.39. The fourth-order valence-corrected chi connectivity index (χ4v) is 3.94. The van der Waals surface area contributed by atoms with Crippen molar-refractivity contribution in [2.45, 2.75) is 31.3 Å². The van der Waals surface area contributed by atoms with Crippen LogP contribution >= 0.6 is 0 Å². The number of rotatable bonds is 6. The molecular weight excluding hydrogens is 272 g/mol. The minimum Gasteiger partial charge on any atom is -0.480 e. The Balaban J connectivity index is 1.97. The molecule has 1 heterocycles. The van der Waals surface area contributed by atoms with Crippen LogP contribution in [0.1, 0.15) is 19.3 Å². The number of amides is 1. The van der Waals surface area contributed by atoms with Gasteiger partial charge in [0.2, 0.25) is 5.91 Å². The maximum atomic E-state index is 12.0. The second kappa shape index (κ2) is 5.46. The molecule has 8 heteroatoms. The Morgan fingerprint density at radius 2 is 1.95 bits per heavy atom. The number of carboxylic acids is 1. The van der Waals surface area contributed by atoms with Gasteiger partial charge in [-0.2, -0.15) is 0 Å². The molecule has 108 valence electrons. The van der Waals surface area contributed by atoms with E-state index in [1.807, 2.05) is 0 Å². The quantitative estimate of drug-likeness (QED) is 0.639. The molecule has 1 amide bonds. The highest BCUT2D eigenvalue weighted by Crippen LogP contribution is 2.20. The van der Waals surface area contributed by atoms with Gasteiger partial charge in [-0.15, -0.1) is 0 Å². The standard InChI is InChI=1S/C11H18N2O5S/c14-10(5-12-8-1-2-8)13(6-11(15)16)9-3-4-19(17,18)7-9/h8-9,12H,1-7H2,(H,15,16). The molecule has 1 saturated carbocycles. The van der Waals surface area contributed by atoms with Crippen LogP contribution in [0, 0.1) is 0 Å². The predicted octanol–water partition coefficient (Wildman–Crippen LogP) is -1.16. The first-order valence-electron chi connectivity index (χ1n) is 6.32. The van der Waals surface area contributed by atoms with E-state index >= 15 is 0 Å². The minimum atomic E-state index is -3.14. The van der Waals surface area contributed by atoms with Crippen molar-refractivity contribution in [1.29, 1.82) is 0 Å². The van der Waals surface area contributed by atoms with Gasteiger partial charge in [0.05, 0.1) is 18.1 Å². The molecule has 0 bridgehead atoms. The third-order valence-corrected chi connectivity index (χ3v) is 5.14.